The quantitative estimate of drug-likeness (QED) is 0.319. The fourth-order valence-electron chi connectivity index (χ4n) is 4.58. The molecule has 0 spiro atoms. The van der Waals surface area contributed by atoms with Gasteiger partial charge in [0.1, 0.15) is 5.75 Å². The van der Waals surface area contributed by atoms with Gasteiger partial charge in [0, 0.05) is 44.7 Å². The Morgan fingerprint density at radius 1 is 1.00 bits per heavy atom. The van der Waals surface area contributed by atoms with E-state index in [1.165, 1.54) is 10.6 Å². The summed E-state index contributed by atoms with van der Waals surface area (Å²) in [5, 5.41) is 2.06. The Morgan fingerprint density at radius 3 is 2.50 bits per heavy atom. The molecule has 2 heterocycles. The van der Waals surface area contributed by atoms with Crippen molar-refractivity contribution in [2.24, 2.45) is 5.92 Å². The molecule has 0 radical (unpaired) electrons. The first-order valence-corrected chi connectivity index (χ1v) is 13.3. The molecule has 0 bridgehead atoms. The highest BCUT2D eigenvalue weighted by Crippen LogP contribution is 2.32. The van der Waals surface area contributed by atoms with Gasteiger partial charge in [-0.25, -0.2) is 4.57 Å². The molecule has 0 amide bonds. The number of piperazine rings is 1. The van der Waals surface area contributed by atoms with Gasteiger partial charge in [-0.3, -0.25) is 14.5 Å². The Morgan fingerprint density at radius 2 is 1.75 bits per heavy atom. The molecule has 1 aliphatic heterocycles. The molecular formula is C28H33Cl2N3O3. The van der Waals surface area contributed by atoms with Crippen molar-refractivity contribution in [1.29, 1.82) is 0 Å². The van der Waals surface area contributed by atoms with E-state index in [-0.39, 0.29) is 17.4 Å². The smallest absolute Gasteiger partial charge is 0.257 e. The van der Waals surface area contributed by atoms with Crippen LogP contribution in [0.15, 0.2) is 53.3 Å². The lowest BCUT2D eigenvalue weighted by Crippen LogP contribution is -2.46. The zero-order valence-electron chi connectivity index (χ0n) is 20.9. The van der Waals surface area contributed by atoms with Crippen LogP contribution in [0.25, 0.3) is 10.9 Å². The van der Waals surface area contributed by atoms with E-state index in [9.17, 15) is 9.59 Å². The molecule has 36 heavy (non-hydrogen) atoms. The minimum Gasteiger partial charge on any atom is -0.494 e. The second kappa shape index (κ2) is 12.1. The predicted octanol–water partition coefficient (Wildman–Crippen LogP) is 5.98. The highest BCUT2D eigenvalue weighted by atomic mass is 35.5. The molecule has 0 saturated carbocycles. The number of hydrogen-bond acceptors (Lipinski definition) is 5. The zero-order chi connectivity index (χ0) is 25.7. The zero-order valence-corrected chi connectivity index (χ0v) is 22.4. The van der Waals surface area contributed by atoms with Crippen LogP contribution in [-0.4, -0.2) is 54.7 Å². The van der Waals surface area contributed by atoms with Crippen molar-refractivity contribution in [2.75, 3.05) is 44.2 Å². The summed E-state index contributed by atoms with van der Waals surface area (Å²) in [7, 11) is 0. The van der Waals surface area contributed by atoms with Crippen molar-refractivity contribution in [3.63, 3.8) is 0 Å². The van der Waals surface area contributed by atoms with Gasteiger partial charge in [0.2, 0.25) is 5.91 Å². The highest BCUT2D eigenvalue weighted by Gasteiger charge is 2.19. The van der Waals surface area contributed by atoms with Crippen LogP contribution in [-0.2, 0) is 0 Å². The van der Waals surface area contributed by atoms with E-state index in [1.54, 1.807) is 12.1 Å². The number of carbonyl (C=O) groups excluding carboxylic acids is 1. The molecule has 0 N–H and O–H groups in total. The maximum atomic E-state index is 12.7. The first kappa shape index (κ1) is 26.5. The second-order valence-corrected chi connectivity index (χ2v) is 10.5. The number of rotatable bonds is 9. The molecule has 4 rings (SSSR count). The summed E-state index contributed by atoms with van der Waals surface area (Å²) in [6.45, 7) is 9.35. The summed E-state index contributed by atoms with van der Waals surface area (Å²) >= 11 is 12.5. The number of hydrogen-bond donors (Lipinski definition) is 0. The molecule has 6 nitrogen and oxygen atoms in total. The molecule has 3 aromatic rings. The number of anilines is 1. The molecule has 0 unspecified atom stereocenters. The van der Waals surface area contributed by atoms with E-state index >= 15 is 0 Å². The monoisotopic (exact) mass is 529 g/mol. The van der Waals surface area contributed by atoms with Crippen molar-refractivity contribution in [2.45, 2.75) is 33.1 Å². The second-order valence-electron chi connectivity index (χ2n) is 9.68. The van der Waals surface area contributed by atoms with Crippen LogP contribution in [0, 0.1) is 5.92 Å². The van der Waals surface area contributed by atoms with Crippen LogP contribution < -0.4 is 15.2 Å². The summed E-state index contributed by atoms with van der Waals surface area (Å²) in [6.07, 6.45) is 2.28. The Bertz CT molecular complexity index is 1270. The average Bonchev–Trinajstić information content (AvgIpc) is 2.85. The van der Waals surface area contributed by atoms with Gasteiger partial charge in [0.25, 0.3) is 5.56 Å². The summed E-state index contributed by atoms with van der Waals surface area (Å²) in [5.41, 5.74) is 1.30. The van der Waals surface area contributed by atoms with E-state index in [0.29, 0.717) is 34.3 Å². The van der Waals surface area contributed by atoms with Crippen molar-refractivity contribution in [3.8, 4) is 5.75 Å². The molecule has 192 valence electrons. The number of fused-ring (bicyclic) bond motifs is 1. The summed E-state index contributed by atoms with van der Waals surface area (Å²) < 4.78 is 7.25. The number of aromatic nitrogens is 1. The Kier molecular flexibility index (Phi) is 8.94. The summed E-state index contributed by atoms with van der Waals surface area (Å²) in [5.74, 6) is 0.665. The van der Waals surface area contributed by atoms with Crippen LogP contribution in [0.1, 0.15) is 37.9 Å². The molecule has 2 aromatic carbocycles. The highest BCUT2D eigenvalue weighted by molar-refractivity contribution is 6.43. The third-order valence-electron chi connectivity index (χ3n) is 6.48. The molecule has 0 aliphatic carbocycles. The van der Waals surface area contributed by atoms with Gasteiger partial charge in [0.05, 0.1) is 27.9 Å². The molecule has 1 fully saturated rings. The van der Waals surface area contributed by atoms with Crippen LogP contribution in [0.4, 0.5) is 5.69 Å². The molecule has 1 saturated heterocycles. The van der Waals surface area contributed by atoms with Gasteiger partial charge < -0.3 is 9.64 Å². The fourth-order valence-corrected chi connectivity index (χ4v) is 4.99. The normalized spacial score (nSPS) is 14.5. The van der Waals surface area contributed by atoms with Crippen molar-refractivity contribution in [1.82, 2.24) is 9.47 Å². The van der Waals surface area contributed by atoms with Gasteiger partial charge in [-0.2, -0.15) is 0 Å². The Balaban J connectivity index is 1.26. The minimum absolute atomic E-state index is 0.178. The van der Waals surface area contributed by atoms with Crippen molar-refractivity contribution in [3.05, 3.63) is 68.9 Å². The maximum absolute atomic E-state index is 12.7. The molecule has 1 aromatic heterocycles. The Hall–Kier alpha value is -2.54. The van der Waals surface area contributed by atoms with E-state index in [4.69, 9.17) is 27.9 Å². The van der Waals surface area contributed by atoms with E-state index in [0.717, 1.165) is 56.6 Å². The Labute approximate surface area is 222 Å². The van der Waals surface area contributed by atoms with E-state index < -0.39 is 0 Å². The van der Waals surface area contributed by atoms with Gasteiger partial charge in [-0.05, 0) is 61.0 Å². The molecule has 0 atom stereocenters. The maximum Gasteiger partial charge on any atom is 0.257 e. The summed E-state index contributed by atoms with van der Waals surface area (Å²) in [4.78, 5) is 29.9. The average molecular weight is 530 g/mol. The number of pyridine rings is 1. The van der Waals surface area contributed by atoms with Crippen molar-refractivity contribution < 1.29 is 9.53 Å². The molecular weight excluding hydrogens is 497 g/mol. The van der Waals surface area contributed by atoms with Gasteiger partial charge in [-0.15, -0.1) is 0 Å². The number of carbonyl (C=O) groups is 1. The van der Waals surface area contributed by atoms with Crippen LogP contribution in [0.3, 0.4) is 0 Å². The number of nitrogens with zero attached hydrogens (tertiary/aromatic N) is 3. The van der Waals surface area contributed by atoms with Gasteiger partial charge >= 0.3 is 0 Å². The van der Waals surface area contributed by atoms with Crippen LogP contribution >= 0.6 is 23.2 Å². The lowest BCUT2D eigenvalue weighted by Gasteiger charge is -2.36. The number of halogens is 2. The predicted molar refractivity (Wildman–Crippen MR) is 148 cm³/mol. The summed E-state index contributed by atoms with van der Waals surface area (Å²) in [6, 6.07) is 14.6. The molecule has 1 aliphatic rings. The first-order valence-electron chi connectivity index (χ1n) is 12.6. The third-order valence-corrected chi connectivity index (χ3v) is 7.29. The van der Waals surface area contributed by atoms with Crippen LogP contribution in [0.2, 0.25) is 10.0 Å². The third kappa shape index (κ3) is 6.41. The van der Waals surface area contributed by atoms with Crippen LogP contribution in [0.5, 0.6) is 5.75 Å². The van der Waals surface area contributed by atoms with Gasteiger partial charge in [0.15, 0.2) is 0 Å². The SMILES string of the molecule is CC(C)CC(=O)n1c(=O)ccc2ccc(OCCCCN3CCN(c4cccc(Cl)c4Cl)CC3)cc21. The first-order chi connectivity index (χ1) is 17.3. The fraction of sp³-hybridized carbons (Fsp3) is 0.429. The number of benzene rings is 2. The van der Waals surface area contributed by atoms with Crippen molar-refractivity contribution >= 4 is 45.7 Å². The topological polar surface area (TPSA) is 54.8 Å². The largest absolute Gasteiger partial charge is 0.494 e. The lowest BCUT2D eigenvalue weighted by molar-refractivity contribution is 0.0888. The lowest BCUT2D eigenvalue weighted by atomic mass is 10.1. The number of unbranched alkanes of at least 4 members (excludes halogenated alkanes) is 1. The number of ether oxygens (including phenoxy) is 1. The molecule has 8 heteroatoms. The van der Waals surface area contributed by atoms with Gasteiger partial charge in [-0.1, -0.05) is 43.1 Å². The van der Waals surface area contributed by atoms with E-state index in [1.807, 2.05) is 44.2 Å². The van der Waals surface area contributed by atoms with E-state index in [2.05, 4.69) is 9.80 Å². The standard InChI is InChI=1S/C28H33Cl2N3O3/c1-20(2)18-27(35)33-25-19-22(10-8-21(25)9-11-26(33)34)36-17-4-3-12-31-13-15-32(16-14-31)24-7-5-6-23(29)28(24)30/h5-11,19-20H,3-4,12-18H2,1-2H3. The minimum atomic E-state index is -0.303.